The molecular formula is C20H28N2O5. The number of hydrogen-bond acceptors (Lipinski definition) is 5. The Kier molecular flexibility index (Phi) is 6.55. The fraction of sp³-hybridized carbons (Fsp3) is 0.600. The summed E-state index contributed by atoms with van der Waals surface area (Å²) in [5, 5.41) is 9.09. The number of carbonyl (C=O) groups excluding carboxylic acids is 1. The molecule has 1 atom stereocenters. The number of carboxylic acid groups (broad SMARTS) is 1. The molecule has 2 aliphatic heterocycles. The second kappa shape index (κ2) is 9.08. The van der Waals surface area contributed by atoms with Crippen LogP contribution in [0.25, 0.3) is 0 Å². The average Bonchev–Trinajstić information content (AvgIpc) is 3.04. The van der Waals surface area contributed by atoms with Crippen LogP contribution in [0.1, 0.15) is 31.2 Å². The molecule has 1 N–H and O–H groups in total. The van der Waals surface area contributed by atoms with Crippen LogP contribution in [-0.4, -0.2) is 66.7 Å². The smallest absolute Gasteiger partial charge is 0.308 e. The van der Waals surface area contributed by atoms with Crippen molar-refractivity contribution in [1.82, 2.24) is 9.80 Å². The molecule has 3 rings (SSSR count). The van der Waals surface area contributed by atoms with Crippen LogP contribution in [0.3, 0.4) is 0 Å². The zero-order valence-corrected chi connectivity index (χ0v) is 15.9. The van der Waals surface area contributed by atoms with Crippen molar-refractivity contribution in [3.63, 3.8) is 0 Å². The van der Waals surface area contributed by atoms with Gasteiger partial charge in [-0.2, -0.15) is 0 Å². The van der Waals surface area contributed by atoms with Gasteiger partial charge in [-0.1, -0.05) is 12.5 Å². The van der Waals surface area contributed by atoms with E-state index < -0.39 is 11.9 Å². The highest BCUT2D eigenvalue weighted by atomic mass is 16.5. The van der Waals surface area contributed by atoms with Crippen molar-refractivity contribution in [3.05, 3.63) is 23.8 Å². The van der Waals surface area contributed by atoms with E-state index in [-0.39, 0.29) is 18.9 Å². The fourth-order valence-electron chi connectivity index (χ4n) is 3.71. The van der Waals surface area contributed by atoms with Crippen molar-refractivity contribution in [3.8, 4) is 11.5 Å². The van der Waals surface area contributed by atoms with Crippen LogP contribution in [-0.2, 0) is 16.1 Å². The number of hydrogen-bond donors (Lipinski definition) is 1. The molecule has 1 aromatic carbocycles. The third-order valence-electron chi connectivity index (χ3n) is 5.28. The number of carboxylic acids is 1. The lowest BCUT2D eigenvalue weighted by Gasteiger charge is -2.26. The van der Waals surface area contributed by atoms with Gasteiger partial charge in [0.15, 0.2) is 11.5 Å². The predicted molar refractivity (Wildman–Crippen MR) is 99.9 cm³/mol. The van der Waals surface area contributed by atoms with Gasteiger partial charge < -0.3 is 19.5 Å². The van der Waals surface area contributed by atoms with Gasteiger partial charge in [-0.15, -0.1) is 0 Å². The third-order valence-corrected chi connectivity index (χ3v) is 5.28. The van der Waals surface area contributed by atoms with Gasteiger partial charge in [-0.3, -0.25) is 14.5 Å². The molecule has 2 heterocycles. The zero-order valence-electron chi connectivity index (χ0n) is 15.9. The highest BCUT2D eigenvalue weighted by molar-refractivity contribution is 5.86. The van der Waals surface area contributed by atoms with Gasteiger partial charge in [0.25, 0.3) is 0 Å². The Bertz CT molecular complexity index is 672. The summed E-state index contributed by atoms with van der Waals surface area (Å²) in [4.78, 5) is 27.1. The van der Waals surface area contributed by atoms with E-state index >= 15 is 0 Å². The van der Waals surface area contributed by atoms with Gasteiger partial charge >= 0.3 is 5.97 Å². The first-order valence-corrected chi connectivity index (χ1v) is 9.59. The zero-order chi connectivity index (χ0) is 19.2. The van der Waals surface area contributed by atoms with E-state index in [1.165, 1.54) is 19.3 Å². The normalized spacial score (nSPS) is 20.7. The molecule has 2 saturated heterocycles. The molecule has 0 bridgehead atoms. The minimum absolute atomic E-state index is 0.0736. The molecule has 148 valence electrons. The highest BCUT2D eigenvalue weighted by Crippen LogP contribution is 2.29. The maximum atomic E-state index is 12.0. The maximum Gasteiger partial charge on any atom is 0.308 e. The number of aliphatic carboxylic acids is 1. The molecule has 27 heavy (non-hydrogen) atoms. The van der Waals surface area contributed by atoms with Crippen molar-refractivity contribution in [1.29, 1.82) is 0 Å². The Morgan fingerprint density at radius 2 is 2.00 bits per heavy atom. The summed E-state index contributed by atoms with van der Waals surface area (Å²) in [7, 11) is 1.60. The van der Waals surface area contributed by atoms with E-state index in [4.69, 9.17) is 14.6 Å². The second-order valence-corrected chi connectivity index (χ2v) is 7.25. The van der Waals surface area contributed by atoms with Gasteiger partial charge in [0.2, 0.25) is 5.91 Å². The van der Waals surface area contributed by atoms with Crippen LogP contribution in [0.15, 0.2) is 18.2 Å². The van der Waals surface area contributed by atoms with Gasteiger partial charge in [0.1, 0.15) is 6.61 Å². The third kappa shape index (κ3) is 5.13. The standard InChI is InChI=1S/C20H28N2O5/c1-26-18-11-15(13-22-14-16(20(24)25)12-19(22)23)5-6-17(18)27-10-9-21-7-3-2-4-8-21/h5-6,11,16H,2-4,7-10,12-14H2,1H3,(H,24,25). The molecule has 1 aromatic rings. The minimum Gasteiger partial charge on any atom is -0.493 e. The number of amides is 1. The van der Waals surface area contributed by atoms with Crippen LogP contribution in [0.4, 0.5) is 0 Å². The van der Waals surface area contributed by atoms with E-state index in [2.05, 4.69) is 4.90 Å². The molecule has 0 aliphatic carbocycles. The van der Waals surface area contributed by atoms with Gasteiger partial charge in [-0.05, 0) is 43.6 Å². The Balaban J connectivity index is 1.55. The van der Waals surface area contributed by atoms with E-state index in [1.807, 2.05) is 18.2 Å². The summed E-state index contributed by atoms with van der Waals surface area (Å²) >= 11 is 0. The molecular weight excluding hydrogens is 348 g/mol. The largest absolute Gasteiger partial charge is 0.493 e. The van der Waals surface area contributed by atoms with Gasteiger partial charge in [0, 0.05) is 26.1 Å². The van der Waals surface area contributed by atoms with Gasteiger partial charge in [0.05, 0.1) is 13.0 Å². The summed E-state index contributed by atoms with van der Waals surface area (Å²) in [5.74, 6) is -0.331. The second-order valence-electron chi connectivity index (χ2n) is 7.25. The molecule has 7 heteroatoms. The molecule has 1 amide bonds. The molecule has 0 radical (unpaired) electrons. The van der Waals surface area contributed by atoms with Crippen LogP contribution < -0.4 is 9.47 Å². The van der Waals surface area contributed by atoms with Crippen molar-refractivity contribution < 1.29 is 24.2 Å². The quantitative estimate of drug-likeness (QED) is 0.748. The topological polar surface area (TPSA) is 79.3 Å². The Labute approximate surface area is 159 Å². The SMILES string of the molecule is COc1cc(CN2CC(C(=O)O)CC2=O)ccc1OCCN1CCCCC1. The number of likely N-dealkylation sites (tertiary alicyclic amines) is 2. The number of rotatable bonds is 8. The van der Waals surface area contributed by atoms with Crippen LogP contribution >= 0.6 is 0 Å². The molecule has 0 spiro atoms. The van der Waals surface area contributed by atoms with Crippen molar-refractivity contribution in [2.75, 3.05) is 39.9 Å². The number of benzene rings is 1. The van der Waals surface area contributed by atoms with E-state index in [0.717, 1.165) is 25.2 Å². The summed E-state index contributed by atoms with van der Waals surface area (Å²) in [6, 6.07) is 5.62. The molecule has 0 saturated carbocycles. The number of ether oxygens (including phenoxy) is 2. The maximum absolute atomic E-state index is 12.0. The van der Waals surface area contributed by atoms with E-state index in [9.17, 15) is 9.59 Å². The van der Waals surface area contributed by atoms with Crippen LogP contribution in [0.2, 0.25) is 0 Å². The molecule has 2 fully saturated rings. The lowest BCUT2D eigenvalue weighted by Crippen LogP contribution is -2.33. The number of carbonyl (C=O) groups is 2. The van der Waals surface area contributed by atoms with Crippen LogP contribution in [0, 0.1) is 5.92 Å². The average molecular weight is 376 g/mol. The lowest BCUT2D eigenvalue weighted by molar-refractivity contribution is -0.141. The van der Waals surface area contributed by atoms with E-state index in [1.54, 1.807) is 12.0 Å². The molecule has 2 aliphatic rings. The Morgan fingerprint density at radius 3 is 2.67 bits per heavy atom. The monoisotopic (exact) mass is 376 g/mol. The first-order chi connectivity index (χ1) is 13.1. The molecule has 1 unspecified atom stereocenters. The van der Waals surface area contributed by atoms with Crippen LogP contribution in [0.5, 0.6) is 11.5 Å². The van der Waals surface area contributed by atoms with Crippen molar-refractivity contribution in [2.45, 2.75) is 32.2 Å². The van der Waals surface area contributed by atoms with Gasteiger partial charge in [-0.25, -0.2) is 0 Å². The Morgan fingerprint density at radius 1 is 1.22 bits per heavy atom. The number of piperidine rings is 1. The molecule has 7 nitrogen and oxygen atoms in total. The first-order valence-electron chi connectivity index (χ1n) is 9.59. The summed E-state index contributed by atoms with van der Waals surface area (Å²) < 4.78 is 11.3. The number of methoxy groups -OCH3 is 1. The first kappa shape index (κ1) is 19.5. The minimum atomic E-state index is -0.916. The summed E-state index contributed by atoms with van der Waals surface area (Å²) in [5.41, 5.74) is 0.898. The van der Waals surface area contributed by atoms with Crippen molar-refractivity contribution >= 4 is 11.9 Å². The summed E-state index contributed by atoms with van der Waals surface area (Å²) in [6.07, 6.45) is 3.91. The Hall–Kier alpha value is -2.28. The van der Waals surface area contributed by atoms with Crippen molar-refractivity contribution in [2.24, 2.45) is 5.92 Å². The fourth-order valence-corrected chi connectivity index (χ4v) is 3.71. The highest BCUT2D eigenvalue weighted by Gasteiger charge is 2.34. The predicted octanol–water partition coefficient (Wildman–Crippen LogP) is 1.99. The van der Waals surface area contributed by atoms with E-state index in [0.29, 0.717) is 24.7 Å². The molecule has 0 aromatic heterocycles. The lowest BCUT2D eigenvalue weighted by atomic mass is 10.1. The summed E-state index contributed by atoms with van der Waals surface area (Å²) in [6.45, 7) is 4.43. The number of nitrogens with zero attached hydrogens (tertiary/aromatic N) is 2.